The highest BCUT2D eigenvalue weighted by Gasteiger charge is 2.12. The minimum Gasteiger partial charge on any atom is -0.354 e. The molecule has 0 radical (unpaired) electrons. The molecule has 0 unspecified atom stereocenters. The zero-order valence-corrected chi connectivity index (χ0v) is 11.3. The van der Waals surface area contributed by atoms with E-state index in [1.54, 1.807) is 24.0 Å². The Balaban J connectivity index is 2.44. The maximum Gasteiger partial charge on any atom is 0.271 e. The normalized spacial score (nSPS) is 10.5. The van der Waals surface area contributed by atoms with E-state index in [4.69, 9.17) is 17.3 Å². The van der Waals surface area contributed by atoms with E-state index in [0.717, 1.165) is 11.3 Å². The van der Waals surface area contributed by atoms with Crippen LogP contribution in [-0.2, 0) is 6.42 Å². The van der Waals surface area contributed by atoms with Gasteiger partial charge in [-0.05, 0) is 36.7 Å². The molecule has 1 amide bonds. The number of benzene rings is 1. The first-order chi connectivity index (χ1) is 9.17. The molecule has 0 aliphatic heterocycles. The van der Waals surface area contributed by atoms with Crippen LogP contribution in [0.2, 0.25) is 5.02 Å². The molecule has 0 bridgehead atoms. The first kappa shape index (κ1) is 13.6. The third-order valence-electron chi connectivity index (χ3n) is 2.78. The number of hydrogen-bond acceptors (Lipinski definition) is 3. The highest BCUT2D eigenvalue weighted by molar-refractivity contribution is 6.31. The second kappa shape index (κ2) is 5.86. The van der Waals surface area contributed by atoms with Crippen molar-refractivity contribution in [1.82, 2.24) is 15.1 Å². The van der Waals surface area contributed by atoms with Crippen molar-refractivity contribution < 1.29 is 4.79 Å². The molecule has 0 aliphatic carbocycles. The van der Waals surface area contributed by atoms with Gasteiger partial charge in [-0.1, -0.05) is 17.7 Å². The lowest BCUT2D eigenvalue weighted by Crippen LogP contribution is -2.18. The van der Waals surface area contributed by atoms with Crippen LogP contribution in [0.1, 0.15) is 16.1 Å². The molecule has 0 atom stereocenters. The SMILES string of the molecule is CNC(=O)c1ccn(-c2cccc(Cl)c2CCN)n1. The Hall–Kier alpha value is -1.85. The van der Waals surface area contributed by atoms with E-state index in [1.165, 1.54) is 0 Å². The third kappa shape index (κ3) is 2.77. The Labute approximate surface area is 116 Å². The largest absolute Gasteiger partial charge is 0.354 e. The molecular weight excluding hydrogens is 264 g/mol. The predicted octanol–water partition coefficient (Wildman–Crippen LogP) is 1.39. The first-order valence-electron chi connectivity index (χ1n) is 5.93. The van der Waals surface area contributed by atoms with Crippen LogP contribution in [-0.4, -0.2) is 29.3 Å². The third-order valence-corrected chi connectivity index (χ3v) is 3.14. The van der Waals surface area contributed by atoms with Gasteiger partial charge in [0.25, 0.3) is 5.91 Å². The van der Waals surface area contributed by atoms with E-state index in [2.05, 4.69) is 10.4 Å². The van der Waals surface area contributed by atoms with Gasteiger partial charge in [0.2, 0.25) is 0 Å². The maximum absolute atomic E-state index is 11.5. The monoisotopic (exact) mass is 278 g/mol. The standard InChI is InChI=1S/C13H15ClN4O/c1-16-13(19)11-6-8-18(17-11)12-4-2-3-10(14)9(12)5-7-15/h2-4,6,8H,5,7,15H2,1H3,(H,16,19). The number of halogens is 1. The van der Waals surface area contributed by atoms with Gasteiger partial charge in [-0.25, -0.2) is 4.68 Å². The van der Waals surface area contributed by atoms with Crippen LogP contribution < -0.4 is 11.1 Å². The Morgan fingerprint density at radius 1 is 1.47 bits per heavy atom. The molecule has 100 valence electrons. The fourth-order valence-corrected chi connectivity index (χ4v) is 2.13. The van der Waals surface area contributed by atoms with Crippen LogP contribution in [0.25, 0.3) is 5.69 Å². The summed E-state index contributed by atoms with van der Waals surface area (Å²) in [6, 6.07) is 7.22. The minimum absolute atomic E-state index is 0.221. The Kier molecular flexibility index (Phi) is 4.19. The number of carbonyl (C=O) groups is 1. The number of hydrogen-bond donors (Lipinski definition) is 2. The zero-order chi connectivity index (χ0) is 13.8. The number of rotatable bonds is 4. The smallest absolute Gasteiger partial charge is 0.271 e. The number of nitrogens with zero attached hydrogens (tertiary/aromatic N) is 2. The van der Waals surface area contributed by atoms with E-state index >= 15 is 0 Å². The van der Waals surface area contributed by atoms with E-state index in [-0.39, 0.29) is 5.91 Å². The highest BCUT2D eigenvalue weighted by atomic mass is 35.5. The van der Waals surface area contributed by atoms with Crippen LogP contribution in [0.4, 0.5) is 0 Å². The summed E-state index contributed by atoms with van der Waals surface area (Å²) in [6.45, 7) is 0.500. The number of aromatic nitrogens is 2. The summed E-state index contributed by atoms with van der Waals surface area (Å²) in [5, 5.41) is 7.43. The van der Waals surface area contributed by atoms with Crippen molar-refractivity contribution in [3.8, 4) is 5.69 Å². The molecule has 0 aliphatic rings. The molecule has 0 saturated heterocycles. The average molecular weight is 279 g/mol. The lowest BCUT2D eigenvalue weighted by Gasteiger charge is -2.10. The van der Waals surface area contributed by atoms with Gasteiger partial charge < -0.3 is 11.1 Å². The fourth-order valence-electron chi connectivity index (χ4n) is 1.86. The van der Waals surface area contributed by atoms with Gasteiger partial charge in [0.05, 0.1) is 5.69 Å². The molecule has 2 rings (SSSR count). The zero-order valence-electron chi connectivity index (χ0n) is 10.6. The van der Waals surface area contributed by atoms with Crippen molar-refractivity contribution >= 4 is 17.5 Å². The molecular formula is C13H15ClN4O. The summed E-state index contributed by atoms with van der Waals surface area (Å²) >= 11 is 6.18. The molecule has 0 fully saturated rings. The lowest BCUT2D eigenvalue weighted by atomic mass is 10.1. The number of amides is 1. The van der Waals surface area contributed by atoms with Gasteiger partial charge >= 0.3 is 0 Å². The van der Waals surface area contributed by atoms with Gasteiger partial charge in [-0.3, -0.25) is 4.79 Å². The summed E-state index contributed by atoms with van der Waals surface area (Å²) in [7, 11) is 1.57. The molecule has 6 heteroatoms. The van der Waals surface area contributed by atoms with Crippen molar-refractivity contribution in [2.75, 3.05) is 13.6 Å². The van der Waals surface area contributed by atoms with Crippen LogP contribution in [0, 0.1) is 0 Å². The van der Waals surface area contributed by atoms with Crippen LogP contribution in [0.15, 0.2) is 30.5 Å². The van der Waals surface area contributed by atoms with E-state index in [1.807, 2.05) is 18.2 Å². The Bertz CT molecular complexity index is 594. The molecule has 1 heterocycles. The van der Waals surface area contributed by atoms with Crippen LogP contribution >= 0.6 is 11.6 Å². The van der Waals surface area contributed by atoms with Crippen LogP contribution in [0.3, 0.4) is 0 Å². The van der Waals surface area contributed by atoms with E-state index in [0.29, 0.717) is 23.7 Å². The molecule has 19 heavy (non-hydrogen) atoms. The van der Waals surface area contributed by atoms with E-state index in [9.17, 15) is 4.79 Å². The Morgan fingerprint density at radius 3 is 2.95 bits per heavy atom. The molecule has 1 aromatic heterocycles. The van der Waals surface area contributed by atoms with Crippen molar-refractivity contribution in [2.24, 2.45) is 5.73 Å². The minimum atomic E-state index is -0.221. The van der Waals surface area contributed by atoms with Gasteiger partial charge in [0.15, 0.2) is 5.69 Å². The molecule has 2 aromatic rings. The van der Waals surface area contributed by atoms with Gasteiger partial charge in [-0.2, -0.15) is 5.10 Å². The van der Waals surface area contributed by atoms with Crippen molar-refractivity contribution in [1.29, 1.82) is 0 Å². The summed E-state index contributed by atoms with van der Waals surface area (Å²) in [5.74, 6) is -0.221. The number of carbonyl (C=O) groups excluding carboxylic acids is 1. The maximum atomic E-state index is 11.5. The summed E-state index contributed by atoms with van der Waals surface area (Å²) < 4.78 is 1.64. The second-order valence-electron chi connectivity index (χ2n) is 4.00. The fraction of sp³-hybridized carbons (Fsp3) is 0.231. The Morgan fingerprint density at radius 2 is 2.26 bits per heavy atom. The molecule has 0 spiro atoms. The van der Waals surface area contributed by atoms with Crippen molar-refractivity contribution in [2.45, 2.75) is 6.42 Å². The first-order valence-corrected chi connectivity index (χ1v) is 6.30. The van der Waals surface area contributed by atoms with Crippen molar-refractivity contribution in [3.05, 3.63) is 46.7 Å². The highest BCUT2D eigenvalue weighted by Crippen LogP contribution is 2.23. The molecule has 0 saturated carbocycles. The summed E-state index contributed by atoms with van der Waals surface area (Å²) in [5.41, 5.74) is 7.73. The van der Waals surface area contributed by atoms with Gasteiger partial charge in [-0.15, -0.1) is 0 Å². The number of nitrogens with two attached hydrogens (primary N) is 1. The molecule has 3 N–H and O–H groups in total. The van der Waals surface area contributed by atoms with Gasteiger partial charge in [0.1, 0.15) is 0 Å². The van der Waals surface area contributed by atoms with E-state index < -0.39 is 0 Å². The summed E-state index contributed by atoms with van der Waals surface area (Å²) in [6.07, 6.45) is 2.39. The number of nitrogens with one attached hydrogen (secondary N) is 1. The summed E-state index contributed by atoms with van der Waals surface area (Å²) in [4.78, 5) is 11.5. The quantitative estimate of drug-likeness (QED) is 0.888. The molecule has 1 aromatic carbocycles. The van der Waals surface area contributed by atoms with Crippen molar-refractivity contribution in [3.63, 3.8) is 0 Å². The van der Waals surface area contributed by atoms with Gasteiger partial charge in [0, 0.05) is 18.3 Å². The second-order valence-corrected chi connectivity index (χ2v) is 4.41. The average Bonchev–Trinajstić information content (AvgIpc) is 2.90. The lowest BCUT2D eigenvalue weighted by molar-refractivity contribution is 0.0957. The predicted molar refractivity (Wildman–Crippen MR) is 74.7 cm³/mol. The van der Waals surface area contributed by atoms with Crippen LogP contribution in [0.5, 0.6) is 0 Å². The molecule has 5 nitrogen and oxygen atoms in total. The topological polar surface area (TPSA) is 72.9 Å².